The number of carbonyl (C=O) groups excluding carboxylic acids is 1. The first kappa shape index (κ1) is 11.5. The normalized spacial score (nSPS) is 10.2. The molecular weight excluding hydrogens is 244 g/mol. The predicted molar refractivity (Wildman–Crippen MR) is 63.2 cm³/mol. The number of aromatic nitrogens is 2. The van der Waals surface area contributed by atoms with Gasteiger partial charge in [-0.3, -0.25) is 4.98 Å². The van der Waals surface area contributed by atoms with Crippen molar-refractivity contribution in [3.8, 4) is 11.3 Å². The number of aromatic amines is 2. The maximum Gasteiger partial charge on any atom is 0.356 e. The van der Waals surface area contributed by atoms with Crippen LogP contribution in [0.25, 0.3) is 11.3 Å². The number of hydrogen-bond acceptors (Lipinski definition) is 3. The lowest BCUT2D eigenvalue weighted by Crippen LogP contribution is -2.06. The van der Waals surface area contributed by atoms with Crippen molar-refractivity contribution in [2.45, 2.75) is 0 Å². The fraction of sp³-hybridized carbons (Fsp3) is 0.0909. The zero-order valence-electron chi connectivity index (χ0n) is 8.91. The molecule has 0 aliphatic rings. The molecule has 2 N–H and O–H groups in total. The number of imidazole rings is 1. The number of carbonyl (C=O) groups is 1. The van der Waals surface area contributed by atoms with Gasteiger partial charge in [-0.05, 0) is 12.1 Å². The number of rotatable bonds is 2. The molecule has 1 aromatic carbocycles. The van der Waals surface area contributed by atoms with Gasteiger partial charge in [0.15, 0.2) is 5.69 Å². The molecule has 0 aliphatic carbocycles. The second kappa shape index (κ2) is 4.47. The van der Waals surface area contributed by atoms with Crippen LogP contribution in [-0.2, 0) is 4.74 Å². The minimum atomic E-state index is -0.603. The Morgan fingerprint density at radius 1 is 1.24 bits per heavy atom. The van der Waals surface area contributed by atoms with E-state index in [9.17, 15) is 9.59 Å². The molecule has 0 bridgehead atoms. The summed E-state index contributed by atoms with van der Waals surface area (Å²) in [7, 11) is 1.25. The van der Waals surface area contributed by atoms with Crippen molar-refractivity contribution >= 4 is 17.6 Å². The van der Waals surface area contributed by atoms with E-state index >= 15 is 0 Å². The van der Waals surface area contributed by atoms with Gasteiger partial charge >= 0.3 is 11.7 Å². The summed E-state index contributed by atoms with van der Waals surface area (Å²) in [6.45, 7) is 0. The lowest BCUT2D eigenvalue weighted by atomic mass is 10.1. The monoisotopic (exact) mass is 252 g/mol. The van der Waals surface area contributed by atoms with Crippen molar-refractivity contribution in [2.75, 3.05) is 7.11 Å². The second-order valence-corrected chi connectivity index (χ2v) is 3.76. The summed E-state index contributed by atoms with van der Waals surface area (Å²) >= 11 is 5.76. The standard InChI is InChI=1S/C11H9ClN2O3/c1-17-10(15)9-8(13-11(16)14-9)6-2-4-7(12)5-3-6/h2-5H,1H3,(H2,13,14,16). The molecule has 0 amide bonds. The largest absolute Gasteiger partial charge is 0.464 e. The van der Waals surface area contributed by atoms with E-state index in [0.29, 0.717) is 16.3 Å². The molecular formula is C11H9ClN2O3. The Labute approximate surface area is 101 Å². The molecule has 0 fully saturated rings. The molecule has 0 aliphatic heterocycles. The average molecular weight is 253 g/mol. The number of halogens is 1. The lowest BCUT2D eigenvalue weighted by molar-refractivity contribution is 0.0595. The average Bonchev–Trinajstić information content (AvgIpc) is 2.71. The Morgan fingerprint density at radius 2 is 1.88 bits per heavy atom. The summed E-state index contributed by atoms with van der Waals surface area (Å²) in [5, 5.41) is 0.575. The molecule has 17 heavy (non-hydrogen) atoms. The Kier molecular flexibility index (Phi) is 3.01. The number of hydrogen-bond donors (Lipinski definition) is 2. The van der Waals surface area contributed by atoms with Crippen molar-refractivity contribution in [3.63, 3.8) is 0 Å². The van der Waals surface area contributed by atoms with Gasteiger partial charge in [0.05, 0.1) is 12.8 Å². The molecule has 1 heterocycles. The summed E-state index contributed by atoms with van der Waals surface area (Å²) in [5.41, 5.74) is 0.696. The van der Waals surface area contributed by atoms with Crippen LogP contribution in [0.2, 0.25) is 5.02 Å². The molecule has 0 saturated heterocycles. The van der Waals surface area contributed by atoms with Crippen molar-refractivity contribution in [3.05, 3.63) is 45.5 Å². The fourth-order valence-electron chi connectivity index (χ4n) is 1.47. The van der Waals surface area contributed by atoms with E-state index in [2.05, 4.69) is 14.7 Å². The molecule has 5 nitrogen and oxygen atoms in total. The first-order valence-corrected chi connectivity index (χ1v) is 5.16. The van der Waals surface area contributed by atoms with Crippen LogP contribution in [0.15, 0.2) is 29.1 Å². The molecule has 6 heteroatoms. The van der Waals surface area contributed by atoms with Crippen LogP contribution < -0.4 is 5.69 Å². The van der Waals surface area contributed by atoms with Crippen molar-refractivity contribution in [1.82, 2.24) is 9.97 Å². The third-order valence-corrected chi connectivity index (χ3v) is 2.50. The van der Waals surface area contributed by atoms with E-state index in [4.69, 9.17) is 11.6 Å². The lowest BCUT2D eigenvalue weighted by Gasteiger charge is -2.01. The molecule has 88 valence electrons. The molecule has 1 aromatic heterocycles. The Balaban J connectivity index is 2.55. The van der Waals surface area contributed by atoms with Gasteiger partial charge in [0.25, 0.3) is 0 Å². The van der Waals surface area contributed by atoms with Crippen LogP contribution in [0.1, 0.15) is 10.5 Å². The first-order chi connectivity index (χ1) is 8.11. The van der Waals surface area contributed by atoms with Gasteiger partial charge < -0.3 is 9.72 Å². The Bertz CT molecular complexity index is 598. The Hall–Kier alpha value is -2.01. The highest BCUT2D eigenvalue weighted by Gasteiger charge is 2.16. The number of esters is 1. The molecule has 0 radical (unpaired) electrons. The third-order valence-electron chi connectivity index (χ3n) is 2.25. The number of nitrogens with one attached hydrogen (secondary N) is 2. The Morgan fingerprint density at radius 3 is 2.47 bits per heavy atom. The third kappa shape index (κ3) is 2.24. The van der Waals surface area contributed by atoms with Crippen molar-refractivity contribution in [1.29, 1.82) is 0 Å². The summed E-state index contributed by atoms with van der Waals surface area (Å²) < 4.78 is 4.58. The molecule has 0 unspecified atom stereocenters. The van der Waals surface area contributed by atoms with E-state index in [1.54, 1.807) is 24.3 Å². The second-order valence-electron chi connectivity index (χ2n) is 3.33. The number of methoxy groups -OCH3 is 1. The summed E-state index contributed by atoms with van der Waals surface area (Å²) in [4.78, 5) is 27.6. The topological polar surface area (TPSA) is 75.0 Å². The van der Waals surface area contributed by atoms with Gasteiger partial charge in [-0.15, -0.1) is 0 Å². The van der Waals surface area contributed by atoms with Crippen LogP contribution in [0.5, 0.6) is 0 Å². The minimum absolute atomic E-state index is 0.0971. The molecule has 0 spiro atoms. The minimum Gasteiger partial charge on any atom is -0.464 e. The highest BCUT2D eigenvalue weighted by molar-refractivity contribution is 6.30. The van der Waals surface area contributed by atoms with Crippen LogP contribution in [0.4, 0.5) is 0 Å². The summed E-state index contributed by atoms with van der Waals surface area (Å²) in [6, 6.07) is 6.74. The van der Waals surface area contributed by atoms with E-state index in [-0.39, 0.29) is 5.69 Å². The fourth-order valence-corrected chi connectivity index (χ4v) is 1.60. The predicted octanol–water partition coefficient (Wildman–Crippen LogP) is 1.81. The molecule has 0 atom stereocenters. The van der Waals surface area contributed by atoms with E-state index in [0.717, 1.165) is 0 Å². The van der Waals surface area contributed by atoms with Crippen LogP contribution in [0.3, 0.4) is 0 Å². The maximum atomic E-state index is 11.4. The van der Waals surface area contributed by atoms with E-state index in [1.165, 1.54) is 7.11 Å². The van der Waals surface area contributed by atoms with Crippen molar-refractivity contribution < 1.29 is 9.53 Å². The molecule has 2 rings (SSSR count). The van der Waals surface area contributed by atoms with Crippen LogP contribution >= 0.6 is 11.6 Å². The van der Waals surface area contributed by atoms with Crippen LogP contribution in [0, 0.1) is 0 Å². The number of benzene rings is 1. The van der Waals surface area contributed by atoms with E-state index in [1.807, 2.05) is 0 Å². The zero-order valence-corrected chi connectivity index (χ0v) is 9.67. The zero-order chi connectivity index (χ0) is 12.4. The van der Waals surface area contributed by atoms with Gasteiger partial charge in [0.1, 0.15) is 0 Å². The maximum absolute atomic E-state index is 11.4. The van der Waals surface area contributed by atoms with Crippen molar-refractivity contribution in [2.24, 2.45) is 0 Å². The number of ether oxygens (including phenoxy) is 1. The van der Waals surface area contributed by atoms with Gasteiger partial charge in [0.2, 0.25) is 0 Å². The SMILES string of the molecule is COC(=O)c1[nH]c(=O)[nH]c1-c1ccc(Cl)cc1. The quantitative estimate of drug-likeness (QED) is 0.801. The van der Waals surface area contributed by atoms with Gasteiger partial charge in [-0.2, -0.15) is 0 Å². The number of H-pyrrole nitrogens is 2. The first-order valence-electron chi connectivity index (χ1n) is 4.78. The molecule has 0 saturated carbocycles. The van der Waals surface area contributed by atoms with Gasteiger partial charge in [-0.25, -0.2) is 9.59 Å². The van der Waals surface area contributed by atoms with Gasteiger partial charge in [-0.1, -0.05) is 23.7 Å². The summed E-state index contributed by atoms with van der Waals surface area (Å²) in [5.74, 6) is -0.603. The molecule has 2 aromatic rings. The van der Waals surface area contributed by atoms with Gasteiger partial charge in [0, 0.05) is 10.6 Å². The smallest absolute Gasteiger partial charge is 0.356 e. The highest BCUT2D eigenvalue weighted by atomic mass is 35.5. The summed E-state index contributed by atoms with van der Waals surface area (Å²) in [6.07, 6.45) is 0. The highest BCUT2D eigenvalue weighted by Crippen LogP contribution is 2.21. The van der Waals surface area contributed by atoms with Crippen LogP contribution in [-0.4, -0.2) is 23.0 Å². The van der Waals surface area contributed by atoms with E-state index < -0.39 is 11.7 Å².